The Morgan fingerprint density at radius 1 is 1.04 bits per heavy atom. The van der Waals surface area contributed by atoms with Crippen molar-refractivity contribution in [3.8, 4) is 0 Å². The van der Waals surface area contributed by atoms with Gasteiger partial charge in [-0.2, -0.15) is 0 Å². The van der Waals surface area contributed by atoms with E-state index in [0.717, 1.165) is 25.9 Å². The predicted octanol–water partition coefficient (Wildman–Crippen LogP) is 2.58. The third-order valence-corrected chi connectivity index (χ3v) is 5.89. The fourth-order valence-corrected chi connectivity index (χ4v) is 4.03. The highest BCUT2D eigenvalue weighted by molar-refractivity contribution is 5.84. The first kappa shape index (κ1) is 19.5. The molecule has 1 aromatic carbocycles. The van der Waals surface area contributed by atoms with Crippen molar-refractivity contribution in [2.24, 2.45) is 0 Å². The summed E-state index contributed by atoms with van der Waals surface area (Å²) in [6.45, 7) is 7.38. The van der Waals surface area contributed by atoms with Gasteiger partial charge in [-0.15, -0.1) is 0 Å². The Morgan fingerprint density at radius 2 is 1.74 bits per heavy atom. The van der Waals surface area contributed by atoms with Gasteiger partial charge >= 0.3 is 6.03 Å². The fraction of sp³-hybridized carbons (Fsp3) is 0.619. The van der Waals surface area contributed by atoms with Crippen molar-refractivity contribution >= 4 is 17.6 Å². The minimum Gasteiger partial charge on any atom is -0.368 e. The SMILES string of the molecule is Cc1cccc(N2CCN(C(=O)CNC(=O)NC3CCCCC3)CC2)c1C. The fourth-order valence-electron chi connectivity index (χ4n) is 4.03. The number of hydrogen-bond acceptors (Lipinski definition) is 3. The van der Waals surface area contributed by atoms with Gasteiger partial charge in [-0.05, 0) is 43.9 Å². The lowest BCUT2D eigenvalue weighted by molar-refractivity contribution is -0.130. The average Bonchev–Trinajstić information content (AvgIpc) is 2.69. The Balaban J connectivity index is 1.41. The van der Waals surface area contributed by atoms with Crippen LogP contribution in [0.2, 0.25) is 0 Å². The third kappa shape index (κ3) is 5.15. The van der Waals surface area contributed by atoms with E-state index in [4.69, 9.17) is 0 Å². The first-order chi connectivity index (χ1) is 13.0. The number of rotatable bonds is 4. The summed E-state index contributed by atoms with van der Waals surface area (Å²) in [6.07, 6.45) is 5.69. The van der Waals surface area contributed by atoms with Gasteiger partial charge in [0, 0.05) is 37.9 Å². The Hall–Kier alpha value is -2.24. The number of aryl methyl sites for hydroxylation is 1. The van der Waals surface area contributed by atoms with Crippen LogP contribution in [0.15, 0.2) is 18.2 Å². The van der Waals surface area contributed by atoms with Crippen LogP contribution in [0.5, 0.6) is 0 Å². The first-order valence-corrected chi connectivity index (χ1v) is 10.2. The molecule has 1 aromatic rings. The van der Waals surface area contributed by atoms with Gasteiger partial charge in [0.1, 0.15) is 0 Å². The van der Waals surface area contributed by atoms with Crippen molar-refractivity contribution < 1.29 is 9.59 Å². The van der Waals surface area contributed by atoms with Crippen molar-refractivity contribution in [1.82, 2.24) is 15.5 Å². The molecule has 6 heteroatoms. The minimum atomic E-state index is -0.218. The van der Waals surface area contributed by atoms with E-state index in [0.29, 0.717) is 13.1 Å². The molecule has 2 N–H and O–H groups in total. The van der Waals surface area contributed by atoms with E-state index in [9.17, 15) is 9.59 Å². The lowest BCUT2D eigenvalue weighted by Gasteiger charge is -2.37. The highest BCUT2D eigenvalue weighted by atomic mass is 16.2. The summed E-state index contributed by atoms with van der Waals surface area (Å²) in [5, 5.41) is 5.72. The molecule has 2 fully saturated rings. The molecular formula is C21H32N4O2. The number of anilines is 1. The second kappa shape index (κ2) is 9.11. The summed E-state index contributed by atoms with van der Waals surface area (Å²) in [7, 11) is 0. The summed E-state index contributed by atoms with van der Waals surface area (Å²) in [6, 6.07) is 6.41. The standard InChI is InChI=1S/C21H32N4O2/c1-16-7-6-10-19(17(16)2)24-11-13-25(14-12-24)20(26)15-22-21(27)23-18-8-4-3-5-9-18/h6-7,10,18H,3-5,8-9,11-15H2,1-2H3,(H2,22,23,27). The summed E-state index contributed by atoms with van der Waals surface area (Å²) >= 11 is 0. The number of piperazine rings is 1. The molecule has 27 heavy (non-hydrogen) atoms. The Kier molecular flexibility index (Phi) is 6.58. The first-order valence-electron chi connectivity index (χ1n) is 10.2. The maximum absolute atomic E-state index is 12.4. The summed E-state index contributed by atoms with van der Waals surface area (Å²) in [4.78, 5) is 28.6. The van der Waals surface area contributed by atoms with Gasteiger partial charge in [0.05, 0.1) is 6.54 Å². The van der Waals surface area contributed by atoms with Crippen molar-refractivity contribution in [2.45, 2.75) is 52.0 Å². The van der Waals surface area contributed by atoms with Gasteiger partial charge < -0.3 is 20.4 Å². The molecule has 3 rings (SSSR count). The van der Waals surface area contributed by atoms with Crippen LogP contribution in [-0.4, -0.2) is 55.6 Å². The third-order valence-electron chi connectivity index (χ3n) is 5.89. The van der Waals surface area contributed by atoms with Crippen molar-refractivity contribution in [3.63, 3.8) is 0 Å². The van der Waals surface area contributed by atoms with Crippen LogP contribution >= 0.6 is 0 Å². The molecule has 6 nitrogen and oxygen atoms in total. The van der Waals surface area contributed by atoms with Gasteiger partial charge in [-0.3, -0.25) is 4.79 Å². The number of carbonyl (C=O) groups excluding carboxylic acids is 2. The van der Waals surface area contributed by atoms with Gasteiger partial charge in [0.15, 0.2) is 0 Å². The van der Waals surface area contributed by atoms with Crippen molar-refractivity contribution in [3.05, 3.63) is 29.3 Å². The Morgan fingerprint density at radius 3 is 2.44 bits per heavy atom. The van der Waals surface area contributed by atoms with E-state index in [-0.39, 0.29) is 24.5 Å². The molecule has 0 aromatic heterocycles. The second-order valence-electron chi connectivity index (χ2n) is 7.75. The van der Waals surface area contributed by atoms with E-state index in [2.05, 4.69) is 47.6 Å². The van der Waals surface area contributed by atoms with Crippen molar-refractivity contribution in [2.75, 3.05) is 37.6 Å². The van der Waals surface area contributed by atoms with E-state index in [1.807, 2.05) is 4.90 Å². The molecular weight excluding hydrogens is 340 g/mol. The van der Waals surface area contributed by atoms with E-state index in [1.54, 1.807) is 0 Å². The van der Waals surface area contributed by atoms with Crippen LogP contribution in [0.3, 0.4) is 0 Å². The maximum Gasteiger partial charge on any atom is 0.315 e. The van der Waals surface area contributed by atoms with Crippen molar-refractivity contribution in [1.29, 1.82) is 0 Å². The summed E-state index contributed by atoms with van der Waals surface area (Å²) < 4.78 is 0. The van der Waals surface area contributed by atoms with Gasteiger partial charge in [-0.1, -0.05) is 31.4 Å². The van der Waals surface area contributed by atoms with E-state index in [1.165, 1.54) is 36.1 Å². The van der Waals surface area contributed by atoms with Crippen LogP contribution in [0.4, 0.5) is 10.5 Å². The monoisotopic (exact) mass is 372 g/mol. The van der Waals surface area contributed by atoms with Gasteiger partial charge in [-0.25, -0.2) is 4.79 Å². The number of urea groups is 1. The minimum absolute atomic E-state index is 0.00518. The highest BCUT2D eigenvalue weighted by Crippen LogP contribution is 2.23. The molecule has 0 unspecified atom stereocenters. The van der Waals surface area contributed by atoms with Crippen LogP contribution in [0, 0.1) is 13.8 Å². The molecule has 0 atom stereocenters. The molecule has 1 aliphatic carbocycles. The summed E-state index contributed by atoms with van der Waals surface area (Å²) in [5.41, 5.74) is 3.85. The number of carbonyl (C=O) groups is 2. The van der Waals surface area contributed by atoms with Gasteiger partial charge in [0.25, 0.3) is 0 Å². The highest BCUT2D eigenvalue weighted by Gasteiger charge is 2.23. The molecule has 1 heterocycles. The number of hydrogen-bond donors (Lipinski definition) is 2. The topological polar surface area (TPSA) is 64.7 Å². The lowest BCUT2D eigenvalue weighted by Crippen LogP contribution is -2.52. The molecule has 0 radical (unpaired) electrons. The van der Waals surface area contributed by atoms with Gasteiger partial charge in [0.2, 0.25) is 5.91 Å². The largest absolute Gasteiger partial charge is 0.368 e. The molecule has 0 spiro atoms. The van der Waals surface area contributed by atoms with E-state index < -0.39 is 0 Å². The maximum atomic E-state index is 12.4. The van der Waals surface area contributed by atoms with Crippen LogP contribution in [-0.2, 0) is 4.79 Å². The van der Waals surface area contributed by atoms with Crippen LogP contribution in [0.1, 0.15) is 43.2 Å². The zero-order chi connectivity index (χ0) is 19.2. The molecule has 0 bridgehead atoms. The zero-order valence-electron chi connectivity index (χ0n) is 16.6. The summed E-state index contributed by atoms with van der Waals surface area (Å²) in [5.74, 6) is -0.00518. The molecule has 1 saturated carbocycles. The zero-order valence-corrected chi connectivity index (χ0v) is 16.6. The molecule has 148 valence electrons. The average molecular weight is 373 g/mol. The Labute approximate surface area is 162 Å². The number of benzene rings is 1. The second-order valence-corrected chi connectivity index (χ2v) is 7.75. The number of nitrogens with zero attached hydrogens (tertiary/aromatic N) is 2. The number of amides is 3. The van der Waals surface area contributed by atoms with E-state index >= 15 is 0 Å². The smallest absolute Gasteiger partial charge is 0.315 e. The predicted molar refractivity (Wildman–Crippen MR) is 108 cm³/mol. The number of nitrogens with one attached hydrogen (secondary N) is 2. The van der Waals surface area contributed by atoms with Crippen LogP contribution < -0.4 is 15.5 Å². The molecule has 3 amide bonds. The normalized spacial score (nSPS) is 18.3. The molecule has 1 aliphatic heterocycles. The Bertz CT molecular complexity index is 662. The van der Waals surface area contributed by atoms with Crippen LogP contribution in [0.25, 0.3) is 0 Å². The lowest BCUT2D eigenvalue weighted by atomic mass is 9.96. The quantitative estimate of drug-likeness (QED) is 0.854. The molecule has 1 saturated heterocycles. The molecule has 2 aliphatic rings.